The summed E-state index contributed by atoms with van der Waals surface area (Å²) in [5.41, 5.74) is 2.09. The third-order valence-corrected chi connectivity index (χ3v) is 3.98. The van der Waals surface area contributed by atoms with Gasteiger partial charge in [-0.3, -0.25) is 9.69 Å². The zero-order chi connectivity index (χ0) is 17.7. The Labute approximate surface area is 141 Å². The van der Waals surface area contributed by atoms with Crippen molar-refractivity contribution in [3.63, 3.8) is 0 Å². The third kappa shape index (κ3) is 3.64. The zero-order valence-corrected chi connectivity index (χ0v) is 14.4. The number of para-hydroxylation sites is 1. The van der Waals surface area contributed by atoms with Crippen LogP contribution in [-0.2, 0) is 20.7 Å². The summed E-state index contributed by atoms with van der Waals surface area (Å²) in [7, 11) is 1.33. The molecule has 1 heterocycles. The van der Waals surface area contributed by atoms with E-state index in [1.54, 1.807) is 26.0 Å². The van der Waals surface area contributed by atoms with Gasteiger partial charge in [0.25, 0.3) is 0 Å². The molecule has 0 N–H and O–H groups in total. The van der Waals surface area contributed by atoms with E-state index in [9.17, 15) is 9.59 Å². The minimum absolute atomic E-state index is 0.115. The van der Waals surface area contributed by atoms with Gasteiger partial charge in [0, 0.05) is 11.3 Å². The van der Waals surface area contributed by atoms with Gasteiger partial charge in [0.1, 0.15) is 11.8 Å². The van der Waals surface area contributed by atoms with Crippen LogP contribution in [0.4, 0.5) is 5.69 Å². The second-order valence-electron chi connectivity index (χ2n) is 5.53. The molecule has 2 aromatic rings. The molecule has 0 aliphatic rings. The molecule has 0 fully saturated rings. The van der Waals surface area contributed by atoms with E-state index in [2.05, 4.69) is 5.16 Å². The Hall–Kier alpha value is -2.63. The molecule has 2 rings (SSSR count). The number of methoxy groups -OCH3 is 1. The Morgan fingerprint density at radius 1 is 1.25 bits per heavy atom. The molecule has 0 saturated heterocycles. The number of rotatable bonds is 6. The smallest absolute Gasteiger partial charge is 0.328 e. The highest BCUT2D eigenvalue weighted by Gasteiger charge is 2.31. The van der Waals surface area contributed by atoms with Crippen LogP contribution in [0.3, 0.4) is 0 Å². The highest BCUT2D eigenvalue weighted by atomic mass is 16.5. The van der Waals surface area contributed by atoms with Crippen molar-refractivity contribution in [2.75, 3.05) is 12.0 Å². The van der Waals surface area contributed by atoms with E-state index < -0.39 is 12.0 Å². The van der Waals surface area contributed by atoms with E-state index in [1.165, 1.54) is 12.0 Å². The molecule has 1 atom stereocenters. The van der Waals surface area contributed by atoms with Gasteiger partial charge in [-0.1, -0.05) is 30.3 Å². The SMILES string of the molecule is CCC(C(=O)OC)N(C(=O)Cc1c(C)noc1C)c1ccccc1. The first kappa shape index (κ1) is 17.7. The van der Waals surface area contributed by atoms with E-state index >= 15 is 0 Å². The molecule has 128 valence electrons. The fourth-order valence-electron chi connectivity index (χ4n) is 2.67. The largest absolute Gasteiger partial charge is 0.467 e. The van der Waals surface area contributed by atoms with Crippen LogP contribution in [0.2, 0.25) is 0 Å². The zero-order valence-electron chi connectivity index (χ0n) is 14.4. The van der Waals surface area contributed by atoms with Gasteiger partial charge in [-0.2, -0.15) is 0 Å². The Morgan fingerprint density at radius 2 is 1.92 bits per heavy atom. The quantitative estimate of drug-likeness (QED) is 0.762. The molecule has 0 bridgehead atoms. The molecule has 1 aromatic carbocycles. The van der Waals surface area contributed by atoms with E-state index in [-0.39, 0.29) is 12.3 Å². The van der Waals surface area contributed by atoms with E-state index in [0.717, 1.165) is 5.56 Å². The minimum atomic E-state index is -0.676. The molecule has 0 aliphatic carbocycles. The molecule has 1 aromatic heterocycles. The highest BCUT2D eigenvalue weighted by molar-refractivity contribution is 6.00. The minimum Gasteiger partial charge on any atom is -0.467 e. The van der Waals surface area contributed by atoms with E-state index in [4.69, 9.17) is 9.26 Å². The molecular weight excluding hydrogens is 308 g/mol. The number of anilines is 1. The van der Waals surface area contributed by atoms with E-state index in [1.807, 2.05) is 25.1 Å². The van der Waals surface area contributed by atoms with Crippen LogP contribution in [0.5, 0.6) is 0 Å². The molecule has 1 amide bonds. The lowest BCUT2D eigenvalue weighted by Gasteiger charge is -2.29. The number of carbonyl (C=O) groups excluding carboxylic acids is 2. The number of ether oxygens (including phenoxy) is 1. The lowest BCUT2D eigenvalue weighted by molar-refractivity contribution is -0.143. The summed E-state index contributed by atoms with van der Waals surface area (Å²) < 4.78 is 10.00. The topological polar surface area (TPSA) is 72.6 Å². The number of nitrogens with zero attached hydrogens (tertiary/aromatic N) is 2. The second kappa shape index (κ2) is 7.77. The van der Waals surface area contributed by atoms with Crippen LogP contribution < -0.4 is 4.90 Å². The Morgan fingerprint density at radius 3 is 2.42 bits per heavy atom. The van der Waals surface area contributed by atoms with Gasteiger partial charge < -0.3 is 9.26 Å². The molecule has 24 heavy (non-hydrogen) atoms. The van der Waals surface area contributed by atoms with Gasteiger partial charge in [0.2, 0.25) is 5.91 Å². The summed E-state index contributed by atoms with van der Waals surface area (Å²) in [5, 5.41) is 3.88. The Balaban J connectivity index is 2.38. The van der Waals surface area contributed by atoms with Crippen molar-refractivity contribution in [3.8, 4) is 0 Å². The van der Waals surface area contributed by atoms with Crippen molar-refractivity contribution in [1.29, 1.82) is 0 Å². The molecule has 0 radical (unpaired) electrons. The maximum atomic E-state index is 13.0. The Bertz CT molecular complexity index is 690. The van der Waals surface area contributed by atoms with Crippen molar-refractivity contribution in [1.82, 2.24) is 5.16 Å². The average molecular weight is 330 g/mol. The number of hydrogen-bond donors (Lipinski definition) is 0. The number of hydrogen-bond acceptors (Lipinski definition) is 5. The summed E-state index contributed by atoms with van der Waals surface area (Å²) in [6.07, 6.45) is 0.568. The van der Waals surface area contributed by atoms with Crippen molar-refractivity contribution < 1.29 is 18.8 Å². The number of aromatic nitrogens is 1. The number of esters is 1. The highest BCUT2D eigenvalue weighted by Crippen LogP contribution is 2.22. The molecule has 0 saturated carbocycles. The fraction of sp³-hybridized carbons (Fsp3) is 0.389. The molecule has 1 unspecified atom stereocenters. The molecule has 0 spiro atoms. The van der Waals surface area contributed by atoms with Gasteiger partial charge in [-0.25, -0.2) is 4.79 Å². The van der Waals surface area contributed by atoms with Crippen molar-refractivity contribution in [2.24, 2.45) is 0 Å². The van der Waals surface area contributed by atoms with Crippen LogP contribution in [0.25, 0.3) is 0 Å². The standard InChI is InChI=1S/C18H22N2O4/c1-5-16(18(22)23-4)20(14-9-7-6-8-10-14)17(21)11-15-12(2)19-24-13(15)3/h6-10,16H,5,11H2,1-4H3. The fourth-order valence-corrected chi connectivity index (χ4v) is 2.67. The number of aryl methyl sites for hydroxylation is 2. The maximum Gasteiger partial charge on any atom is 0.328 e. The average Bonchev–Trinajstić information content (AvgIpc) is 2.91. The summed E-state index contributed by atoms with van der Waals surface area (Å²) in [5.74, 6) is -0.0266. The van der Waals surface area contributed by atoms with Crippen LogP contribution in [0.1, 0.15) is 30.4 Å². The normalized spacial score (nSPS) is 11.8. The first-order chi connectivity index (χ1) is 11.5. The van der Waals surface area contributed by atoms with Crippen molar-refractivity contribution >= 4 is 17.6 Å². The first-order valence-electron chi connectivity index (χ1n) is 7.86. The molecular formula is C18H22N2O4. The molecule has 0 aliphatic heterocycles. The Kier molecular flexibility index (Phi) is 5.73. The summed E-state index contributed by atoms with van der Waals surface area (Å²) in [6, 6.07) is 8.45. The molecule has 6 heteroatoms. The predicted molar refractivity (Wildman–Crippen MR) is 89.7 cm³/mol. The van der Waals surface area contributed by atoms with Crippen molar-refractivity contribution in [3.05, 3.63) is 47.3 Å². The van der Waals surface area contributed by atoms with Crippen molar-refractivity contribution in [2.45, 2.75) is 39.7 Å². The lowest BCUT2D eigenvalue weighted by atomic mass is 10.1. The summed E-state index contributed by atoms with van der Waals surface area (Å²) in [4.78, 5) is 26.6. The maximum absolute atomic E-state index is 13.0. The number of amides is 1. The van der Waals surface area contributed by atoms with Gasteiger partial charge in [-0.15, -0.1) is 0 Å². The van der Waals surface area contributed by atoms with Gasteiger partial charge in [0.05, 0.1) is 19.2 Å². The second-order valence-corrected chi connectivity index (χ2v) is 5.53. The van der Waals surface area contributed by atoms with Gasteiger partial charge in [-0.05, 0) is 32.4 Å². The first-order valence-corrected chi connectivity index (χ1v) is 7.86. The molecule has 6 nitrogen and oxygen atoms in total. The lowest BCUT2D eigenvalue weighted by Crippen LogP contribution is -2.46. The monoisotopic (exact) mass is 330 g/mol. The van der Waals surface area contributed by atoms with Gasteiger partial charge in [0.15, 0.2) is 0 Å². The van der Waals surface area contributed by atoms with Crippen LogP contribution in [0.15, 0.2) is 34.9 Å². The third-order valence-electron chi connectivity index (χ3n) is 3.98. The van der Waals surface area contributed by atoms with Gasteiger partial charge >= 0.3 is 5.97 Å². The summed E-state index contributed by atoms with van der Waals surface area (Å²) in [6.45, 7) is 5.41. The number of benzene rings is 1. The van der Waals surface area contributed by atoms with Crippen LogP contribution in [0, 0.1) is 13.8 Å². The van der Waals surface area contributed by atoms with E-state index in [0.29, 0.717) is 23.6 Å². The van der Waals surface area contributed by atoms with Crippen LogP contribution in [-0.4, -0.2) is 30.2 Å². The number of carbonyl (C=O) groups is 2. The summed E-state index contributed by atoms with van der Waals surface area (Å²) >= 11 is 0. The predicted octanol–water partition coefficient (Wildman–Crippen LogP) is 2.82. The van der Waals surface area contributed by atoms with Crippen LogP contribution >= 0.6 is 0 Å².